The van der Waals surface area contributed by atoms with Crippen LogP contribution < -0.4 is 0 Å². The van der Waals surface area contributed by atoms with Gasteiger partial charge >= 0.3 is 5.97 Å². The minimum absolute atomic E-state index is 0.0332. The maximum absolute atomic E-state index is 10.9. The van der Waals surface area contributed by atoms with Gasteiger partial charge in [0.2, 0.25) is 0 Å². The Morgan fingerprint density at radius 2 is 2.14 bits per heavy atom. The van der Waals surface area contributed by atoms with E-state index in [-0.39, 0.29) is 5.69 Å². The lowest BCUT2D eigenvalue weighted by atomic mass is 10.2. The molecule has 0 spiro atoms. The monoisotopic (exact) mass is 281 g/mol. The number of aromatic carboxylic acids is 1. The molecule has 0 aromatic carbocycles. The van der Waals surface area contributed by atoms with Crippen LogP contribution in [-0.4, -0.2) is 35.8 Å². The molecule has 21 heavy (non-hydrogen) atoms. The van der Waals surface area contributed by atoms with Crippen molar-refractivity contribution in [2.24, 2.45) is 0 Å². The first-order valence-corrected chi connectivity index (χ1v) is 6.19. The molecule has 0 bridgehead atoms. The molecule has 0 saturated carbocycles. The van der Waals surface area contributed by atoms with Gasteiger partial charge in [-0.05, 0) is 25.1 Å². The first kappa shape index (κ1) is 12.9. The van der Waals surface area contributed by atoms with Crippen LogP contribution in [0, 0.1) is 6.92 Å². The first-order chi connectivity index (χ1) is 10.1. The molecule has 0 aliphatic rings. The Kier molecular flexibility index (Phi) is 3.15. The number of aryl methyl sites for hydroxylation is 1. The molecule has 3 rings (SSSR count). The van der Waals surface area contributed by atoms with Crippen molar-refractivity contribution in [3.05, 3.63) is 54.4 Å². The number of rotatable bonds is 3. The minimum Gasteiger partial charge on any atom is -0.476 e. The molecule has 1 N–H and O–H groups in total. The molecule has 0 atom stereocenters. The maximum Gasteiger partial charge on any atom is 0.356 e. The number of hydrogen-bond donors (Lipinski definition) is 1. The summed E-state index contributed by atoms with van der Waals surface area (Å²) in [6.07, 6.45) is 4.95. The number of aromatic nitrogens is 5. The molecule has 3 aromatic rings. The van der Waals surface area contributed by atoms with E-state index in [1.54, 1.807) is 31.6 Å². The van der Waals surface area contributed by atoms with Crippen LogP contribution in [0.2, 0.25) is 0 Å². The van der Waals surface area contributed by atoms with Gasteiger partial charge in [0, 0.05) is 30.2 Å². The zero-order chi connectivity index (χ0) is 14.8. The Morgan fingerprint density at radius 1 is 1.29 bits per heavy atom. The van der Waals surface area contributed by atoms with E-state index in [2.05, 4.69) is 20.1 Å². The van der Waals surface area contributed by atoms with Gasteiger partial charge in [-0.2, -0.15) is 5.10 Å². The van der Waals surface area contributed by atoms with Crippen LogP contribution in [0.25, 0.3) is 17.1 Å². The fourth-order valence-corrected chi connectivity index (χ4v) is 1.90. The molecule has 0 aliphatic carbocycles. The molecule has 7 heteroatoms. The van der Waals surface area contributed by atoms with Crippen molar-refractivity contribution in [3.8, 4) is 17.1 Å². The molecular formula is C14H11N5O2. The van der Waals surface area contributed by atoms with Crippen molar-refractivity contribution in [2.45, 2.75) is 6.92 Å². The summed E-state index contributed by atoms with van der Waals surface area (Å²) in [6.45, 7) is 1.77. The fourth-order valence-electron chi connectivity index (χ4n) is 1.90. The van der Waals surface area contributed by atoms with Gasteiger partial charge in [-0.25, -0.2) is 19.4 Å². The largest absolute Gasteiger partial charge is 0.476 e. The van der Waals surface area contributed by atoms with Gasteiger partial charge in [0.05, 0.1) is 5.69 Å². The van der Waals surface area contributed by atoms with E-state index in [0.29, 0.717) is 17.3 Å². The Bertz CT molecular complexity index is 798. The fraction of sp³-hybridized carbons (Fsp3) is 0.0714. The van der Waals surface area contributed by atoms with Gasteiger partial charge in [-0.3, -0.25) is 4.98 Å². The minimum atomic E-state index is -1.08. The first-order valence-electron chi connectivity index (χ1n) is 6.19. The summed E-state index contributed by atoms with van der Waals surface area (Å²) in [4.78, 5) is 23.6. The molecule has 3 heterocycles. The van der Waals surface area contributed by atoms with Crippen LogP contribution in [0.5, 0.6) is 0 Å². The maximum atomic E-state index is 10.9. The van der Waals surface area contributed by atoms with Crippen LogP contribution >= 0.6 is 0 Å². The zero-order valence-corrected chi connectivity index (χ0v) is 11.1. The predicted octanol–water partition coefficient (Wildman–Crippen LogP) is 1.73. The average Bonchev–Trinajstić information content (AvgIpc) is 2.98. The highest BCUT2D eigenvalue weighted by Crippen LogP contribution is 2.18. The van der Waals surface area contributed by atoms with Crippen molar-refractivity contribution in [3.63, 3.8) is 0 Å². The Balaban J connectivity index is 2.07. The van der Waals surface area contributed by atoms with Crippen molar-refractivity contribution >= 4 is 5.97 Å². The van der Waals surface area contributed by atoms with E-state index in [0.717, 1.165) is 5.56 Å². The van der Waals surface area contributed by atoms with Crippen molar-refractivity contribution < 1.29 is 9.90 Å². The summed E-state index contributed by atoms with van der Waals surface area (Å²) in [5.74, 6) is -0.000378. The number of carboxylic acid groups (broad SMARTS) is 1. The van der Waals surface area contributed by atoms with Crippen LogP contribution in [0.15, 0.2) is 42.9 Å². The highest BCUT2D eigenvalue weighted by molar-refractivity contribution is 5.85. The number of nitrogens with zero attached hydrogens (tertiary/aromatic N) is 5. The van der Waals surface area contributed by atoms with Crippen LogP contribution in [0.4, 0.5) is 0 Å². The van der Waals surface area contributed by atoms with Gasteiger partial charge in [0.25, 0.3) is 0 Å². The van der Waals surface area contributed by atoms with E-state index >= 15 is 0 Å². The second kappa shape index (κ2) is 5.12. The van der Waals surface area contributed by atoms with Crippen molar-refractivity contribution in [1.29, 1.82) is 0 Å². The van der Waals surface area contributed by atoms with E-state index in [9.17, 15) is 4.79 Å². The molecule has 0 radical (unpaired) electrons. The Hall–Kier alpha value is -3.09. The number of carbonyl (C=O) groups is 1. The summed E-state index contributed by atoms with van der Waals surface area (Å²) < 4.78 is 1.41. The van der Waals surface area contributed by atoms with Gasteiger partial charge in [0.15, 0.2) is 11.5 Å². The predicted molar refractivity (Wildman–Crippen MR) is 74.1 cm³/mol. The third-order valence-electron chi connectivity index (χ3n) is 2.82. The average molecular weight is 281 g/mol. The van der Waals surface area contributed by atoms with Gasteiger partial charge in [-0.15, -0.1) is 0 Å². The SMILES string of the molecule is Cc1nc(-c2cccnc2)cc(-n2ccc(C(=O)O)n2)n1. The molecule has 0 aliphatic heterocycles. The molecule has 104 valence electrons. The normalized spacial score (nSPS) is 10.5. The summed E-state index contributed by atoms with van der Waals surface area (Å²) in [6, 6.07) is 6.87. The molecule has 3 aromatic heterocycles. The van der Waals surface area contributed by atoms with Crippen molar-refractivity contribution in [2.75, 3.05) is 0 Å². The van der Waals surface area contributed by atoms with Crippen LogP contribution in [-0.2, 0) is 0 Å². The Morgan fingerprint density at radius 3 is 2.81 bits per heavy atom. The lowest BCUT2D eigenvalue weighted by molar-refractivity contribution is 0.0690. The summed E-state index contributed by atoms with van der Waals surface area (Å²) >= 11 is 0. The van der Waals surface area contributed by atoms with E-state index in [1.165, 1.54) is 10.7 Å². The van der Waals surface area contributed by atoms with Crippen molar-refractivity contribution in [1.82, 2.24) is 24.7 Å². The summed E-state index contributed by atoms with van der Waals surface area (Å²) in [5, 5.41) is 12.9. The highest BCUT2D eigenvalue weighted by Gasteiger charge is 2.10. The van der Waals surface area contributed by atoms with Gasteiger partial charge in [-0.1, -0.05) is 0 Å². The summed E-state index contributed by atoms with van der Waals surface area (Å²) in [5.41, 5.74) is 1.53. The topological polar surface area (TPSA) is 93.8 Å². The molecule has 7 nitrogen and oxygen atoms in total. The van der Waals surface area contributed by atoms with Crippen LogP contribution in [0.3, 0.4) is 0 Å². The number of hydrogen-bond acceptors (Lipinski definition) is 5. The number of carboxylic acids is 1. The molecule has 0 saturated heterocycles. The summed E-state index contributed by atoms with van der Waals surface area (Å²) in [7, 11) is 0. The lowest BCUT2D eigenvalue weighted by Gasteiger charge is -2.05. The molecule has 0 amide bonds. The number of pyridine rings is 1. The quantitative estimate of drug-likeness (QED) is 0.785. The van der Waals surface area contributed by atoms with E-state index in [1.807, 2.05) is 12.1 Å². The van der Waals surface area contributed by atoms with Gasteiger partial charge < -0.3 is 5.11 Å². The van der Waals surface area contributed by atoms with E-state index in [4.69, 9.17) is 5.11 Å². The third-order valence-corrected chi connectivity index (χ3v) is 2.82. The molecule has 0 fully saturated rings. The van der Waals surface area contributed by atoms with Crippen LogP contribution in [0.1, 0.15) is 16.3 Å². The second-order valence-corrected chi connectivity index (χ2v) is 4.35. The Labute approximate surface area is 119 Å². The zero-order valence-electron chi connectivity index (χ0n) is 11.1. The highest BCUT2D eigenvalue weighted by atomic mass is 16.4. The lowest BCUT2D eigenvalue weighted by Crippen LogP contribution is -2.05. The third kappa shape index (κ3) is 2.62. The molecular weight excluding hydrogens is 270 g/mol. The molecule has 0 unspecified atom stereocenters. The smallest absolute Gasteiger partial charge is 0.356 e. The van der Waals surface area contributed by atoms with E-state index < -0.39 is 5.97 Å². The van der Waals surface area contributed by atoms with Gasteiger partial charge in [0.1, 0.15) is 5.82 Å². The second-order valence-electron chi connectivity index (χ2n) is 4.35. The standard InChI is InChI=1S/C14H11N5O2/c1-9-16-12(10-3-2-5-15-8-10)7-13(17-9)19-6-4-11(18-19)14(20)21/h2-8H,1H3,(H,20,21).